The molecule has 0 aliphatic carbocycles. The van der Waals surface area contributed by atoms with Gasteiger partial charge in [-0.05, 0) is 62.6 Å². The average Bonchev–Trinajstić information content (AvgIpc) is 3.16. The van der Waals surface area contributed by atoms with Gasteiger partial charge in [0.05, 0.1) is 11.4 Å². The number of aryl methyl sites for hydroxylation is 2. The molecule has 2 aromatic carbocycles. The van der Waals surface area contributed by atoms with Crippen molar-refractivity contribution < 1.29 is 13.2 Å². The van der Waals surface area contributed by atoms with Gasteiger partial charge in [-0.2, -0.15) is 4.31 Å². The van der Waals surface area contributed by atoms with Gasteiger partial charge in [0.2, 0.25) is 10.0 Å². The van der Waals surface area contributed by atoms with Gasteiger partial charge in [-0.3, -0.25) is 4.79 Å². The number of benzene rings is 2. The highest BCUT2D eigenvalue weighted by Gasteiger charge is 2.27. The third-order valence-corrected chi connectivity index (χ3v) is 6.61. The lowest BCUT2D eigenvalue weighted by atomic mass is 10.1. The van der Waals surface area contributed by atoms with E-state index in [2.05, 4.69) is 11.4 Å². The molecule has 1 aliphatic rings. The van der Waals surface area contributed by atoms with Crippen LogP contribution in [0.3, 0.4) is 0 Å². The van der Waals surface area contributed by atoms with Crippen LogP contribution in [0.25, 0.3) is 0 Å². The van der Waals surface area contributed by atoms with E-state index in [9.17, 15) is 13.2 Å². The molecule has 5 nitrogen and oxygen atoms in total. The van der Waals surface area contributed by atoms with Crippen molar-refractivity contribution >= 4 is 21.5 Å². The van der Waals surface area contributed by atoms with Gasteiger partial charge < -0.3 is 5.32 Å². The summed E-state index contributed by atoms with van der Waals surface area (Å²) >= 11 is 0. The van der Waals surface area contributed by atoms with E-state index in [1.165, 1.54) is 22.0 Å². The summed E-state index contributed by atoms with van der Waals surface area (Å²) in [7, 11) is -3.44. The van der Waals surface area contributed by atoms with E-state index < -0.39 is 10.0 Å². The molecule has 1 aliphatic heterocycles. The molecule has 6 heteroatoms. The maximum atomic E-state index is 12.5. The van der Waals surface area contributed by atoms with Gasteiger partial charge in [-0.1, -0.05) is 17.7 Å². The standard InChI is InChI=1S/C20H24N2O3S/c1-15-5-10-19(16(2)13-15)21-14-20(23)17-6-8-18(9-7-17)26(24,25)22-11-3-4-12-22/h5-10,13,21H,3-4,11-12,14H2,1-2H3. The summed E-state index contributed by atoms with van der Waals surface area (Å²) in [4.78, 5) is 12.6. The molecule has 138 valence electrons. The summed E-state index contributed by atoms with van der Waals surface area (Å²) in [5.74, 6) is -0.0740. The first-order chi connectivity index (χ1) is 12.4. The topological polar surface area (TPSA) is 66.5 Å². The van der Waals surface area contributed by atoms with Crippen LogP contribution in [0.5, 0.6) is 0 Å². The Morgan fingerprint density at radius 3 is 2.31 bits per heavy atom. The molecule has 0 aromatic heterocycles. The van der Waals surface area contributed by atoms with Crippen molar-refractivity contribution in [2.75, 3.05) is 25.0 Å². The Kier molecular flexibility index (Phi) is 5.44. The quantitative estimate of drug-likeness (QED) is 0.790. The highest BCUT2D eigenvalue weighted by atomic mass is 32.2. The minimum Gasteiger partial charge on any atom is -0.377 e. The van der Waals surface area contributed by atoms with E-state index >= 15 is 0 Å². The number of sulfonamides is 1. The molecule has 1 saturated heterocycles. The number of hydrogen-bond acceptors (Lipinski definition) is 4. The lowest BCUT2D eigenvalue weighted by Crippen LogP contribution is -2.27. The molecule has 0 saturated carbocycles. The van der Waals surface area contributed by atoms with Crippen molar-refractivity contribution in [3.05, 3.63) is 59.2 Å². The molecule has 26 heavy (non-hydrogen) atoms. The Balaban J connectivity index is 1.67. The minimum absolute atomic E-state index is 0.0740. The molecule has 0 unspecified atom stereocenters. The Bertz CT molecular complexity index is 899. The SMILES string of the molecule is Cc1ccc(NCC(=O)c2ccc(S(=O)(=O)N3CCCC3)cc2)c(C)c1. The van der Waals surface area contributed by atoms with E-state index in [0.717, 1.165) is 24.1 Å². The summed E-state index contributed by atoms with van der Waals surface area (Å²) in [6, 6.07) is 12.3. The zero-order valence-electron chi connectivity index (χ0n) is 15.2. The van der Waals surface area contributed by atoms with Crippen molar-refractivity contribution in [3.8, 4) is 0 Å². The van der Waals surface area contributed by atoms with Gasteiger partial charge in [-0.25, -0.2) is 8.42 Å². The van der Waals surface area contributed by atoms with Gasteiger partial charge in [0.1, 0.15) is 0 Å². The first-order valence-electron chi connectivity index (χ1n) is 8.82. The molecule has 3 rings (SSSR count). The fourth-order valence-corrected chi connectivity index (χ4v) is 4.70. The minimum atomic E-state index is -3.44. The van der Waals surface area contributed by atoms with Gasteiger partial charge in [0, 0.05) is 24.3 Å². The van der Waals surface area contributed by atoms with Crippen LogP contribution in [0.1, 0.15) is 34.3 Å². The number of carbonyl (C=O) groups excluding carboxylic acids is 1. The Hall–Kier alpha value is -2.18. The highest BCUT2D eigenvalue weighted by molar-refractivity contribution is 7.89. The third-order valence-electron chi connectivity index (χ3n) is 4.70. The summed E-state index contributed by atoms with van der Waals surface area (Å²) in [6.45, 7) is 5.34. The van der Waals surface area contributed by atoms with Crippen molar-refractivity contribution in [1.82, 2.24) is 4.31 Å². The van der Waals surface area contributed by atoms with E-state index in [1.54, 1.807) is 12.1 Å². The number of hydrogen-bond donors (Lipinski definition) is 1. The van der Waals surface area contributed by atoms with Crippen LogP contribution in [-0.4, -0.2) is 38.1 Å². The number of nitrogens with zero attached hydrogens (tertiary/aromatic N) is 1. The first kappa shape index (κ1) is 18.6. The smallest absolute Gasteiger partial charge is 0.243 e. The van der Waals surface area contributed by atoms with Gasteiger partial charge in [0.25, 0.3) is 0 Å². The summed E-state index contributed by atoms with van der Waals surface area (Å²) in [5.41, 5.74) is 3.69. The number of carbonyl (C=O) groups is 1. The van der Waals surface area contributed by atoms with E-state index in [0.29, 0.717) is 18.7 Å². The third kappa shape index (κ3) is 3.97. The Morgan fingerprint density at radius 2 is 1.69 bits per heavy atom. The molecule has 0 atom stereocenters. The highest BCUT2D eigenvalue weighted by Crippen LogP contribution is 2.21. The van der Waals surface area contributed by atoms with Gasteiger partial charge in [0.15, 0.2) is 5.78 Å². The molecule has 1 N–H and O–H groups in total. The van der Waals surface area contributed by atoms with E-state index in [1.807, 2.05) is 26.0 Å². The normalized spacial score (nSPS) is 15.2. The number of Topliss-reactive ketones (excluding diaryl/α,β-unsaturated/α-hetero) is 1. The fraction of sp³-hybridized carbons (Fsp3) is 0.350. The Morgan fingerprint density at radius 1 is 1.04 bits per heavy atom. The summed E-state index contributed by atoms with van der Waals surface area (Å²) < 4.78 is 26.5. The first-order valence-corrected chi connectivity index (χ1v) is 10.3. The molecular weight excluding hydrogens is 348 g/mol. The second-order valence-corrected chi connectivity index (χ2v) is 8.67. The van der Waals surface area contributed by atoms with Crippen LogP contribution in [0.15, 0.2) is 47.4 Å². The molecule has 0 spiro atoms. The number of ketones is 1. The lowest BCUT2D eigenvalue weighted by molar-refractivity contribution is 0.101. The number of nitrogens with one attached hydrogen (secondary N) is 1. The van der Waals surface area contributed by atoms with Gasteiger partial charge >= 0.3 is 0 Å². The number of anilines is 1. The molecule has 0 radical (unpaired) electrons. The largest absolute Gasteiger partial charge is 0.377 e. The van der Waals surface area contributed by atoms with Crippen molar-refractivity contribution in [2.24, 2.45) is 0 Å². The second kappa shape index (κ2) is 7.60. The van der Waals surface area contributed by atoms with E-state index in [-0.39, 0.29) is 17.2 Å². The van der Waals surface area contributed by atoms with Crippen LogP contribution < -0.4 is 5.32 Å². The zero-order chi connectivity index (χ0) is 18.7. The number of rotatable bonds is 6. The predicted octanol–water partition coefficient (Wildman–Crippen LogP) is 3.38. The van der Waals surface area contributed by atoms with Crippen molar-refractivity contribution in [2.45, 2.75) is 31.6 Å². The molecular formula is C20H24N2O3S. The molecule has 2 aromatic rings. The summed E-state index contributed by atoms with van der Waals surface area (Å²) in [5, 5.41) is 3.15. The average molecular weight is 372 g/mol. The van der Waals surface area contributed by atoms with Crippen LogP contribution in [0.2, 0.25) is 0 Å². The van der Waals surface area contributed by atoms with Crippen LogP contribution in [-0.2, 0) is 10.0 Å². The monoisotopic (exact) mass is 372 g/mol. The molecule has 1 heterocycles. The Labute approximate surface area is 155 Å². The van der Waals surface area contributed by atoms with Gasteiger partial charge in [-0.15, -0.1) is 0 Å². The molecule has 0 amide bonds. The predicted molar refractivity (Wildman–Crippen MR) is 103 cm³/mol. The van der Waals surface area contributed by atoms with Crippen molar-refractivity contribution in [1.29, 1.82) is 0 Å². The van der Waals surface area contributed by atoms with Crippen LogP contribution in [0.4, 0.5) is 5.69 Å². The zero-order valence-corrected chi connectivity index (χ0v) is 16.0. The lowest BCUT2D eigenvalue weighted by Gasteiger charge is -2.15. The summed E-state index contributed by atoms with van der Waals surface area (Å²) in [6.07, 6.45) is 1.81. The van der Waals surface area contributed by atoms with E-state index in [4.69, 9.17) is 0 Å². The maximum absolute atomic E-state index is 12.5. The fourth-order valence-electron chi connectivity index (χ4n) is 3.18. The maximum Gasteiger partial charge on any atom is 0.243 e. The van der Waals surface area contributed by atoms with Crippen LogP contribution in [0, 0.1) is 13.8 Å². The molecule has 1 fully saturated rings. The van der Waals surface area contributed by atoms with Crippen molar-refractivity contribution in [3.63, 3.8) is 0 Å². The van der Waals surface area contributed by atoms with Crippen LogP contribution >= 0.6 is 0 Å². The second-order valence-electron chi connectivity index (χ2n) is 6.73. The molecule has 0 bridgehead atoms.